The maximum absolute atomic E-state index is 13.7. The minimum absolute atomic E-state index is 0.0115. The zero-order valence-corrected chi connectivity index (χ0v) is 18.4. The number of benzene rings is 1. The Kier molecular flexibility index (Phi) is 8.15. The van der Waals surface area contributed by atoms with Gasteiger partial charge < -0.3 is 9.64 Å². The Hall–Kier alpha value is -2.31. The molecule has 0 amide bonds. The predicted molar refractivity (Wildman–Crippen MR) is 117 cm³/mol. The number of nitrogens with zero attached hydrogens (tertiary/aromatic N) is 3. The van der Waals surface area contributed by atoms with Gasteiger partial charge in [-0.25, -0.2) is 4.98 Å². The van der Waals surface area contributed by atoms with E-state index in [1.807, 2.05) is 18.2 Å². The van der Waals surface area contributed by atoms with Crippen molar-refractivity contribution in [2.75, 3.05) is 11.9 Å². The standard InChI is InChI=1S/C24H32F3N3O/c1-3-4-5-7-11-18-12-10-13-19(16-18)30(2)22-21(24(25,26)27)17-28-23(29-22)31-20-14-8-6-9-15-20/h10,12-13,16-17,20H,3-9,11,14-15H2,1-2H3. The van der Waals surface area contributed by atoms with Crippen molar-refractivity contribution in [2.45, 2.75) is 83.4 Å². The smallest absolute Gasteiger partial charge is 0.421 e. The van der Waals surface area contributed by atoms with Crippen molar-refractivity contribution in [2.24, 2.45) is 0 Å². The Balaban J connectivity index is 1.83. The van der Waals surface area contributed by atoms with E-state index in [-0.39, 0.29) is 17.9 Å². The highest BCUT2D eigenvalue weighted by atomic mass is 19.4. The summed E-state index contributed by atoms with van der Waals surface area (Å²) < 4.78 is 46.9. The van der Waals surface area contributed by atoms with Gasteiger partial charge in [-0.2, -0.15) is 18.2 Å². The van der Waals surface area contributed by atoms with Gasteiger partial charge in [0, 0.05) is 18.9 Å². The lowest BCUT2D eigenvalue weighted by atomic mass is 9.98. The second-order valence-corrected chi connectivity index (χ2v) is 8.31. The van der Waals surface area contributed by atoms with Gasteiger partial charge in [0.2, 0.25) is 0 Å². The SMILES string of the molecule is CCCCCCc1cccc(N(C)c2nc(OC3CCCCC3)ncc2C(F)(F)F)c1. The van der Waals surface area contributed by atoms with E-state index in [2.05, 4.69) is 16.9 Å². The Labute approximate surface area is 182 Å². The van der Waals surface area contributed by atoms with Gasteiger partial charge in [0.1, 0.15) is 11.7 Å². The van der Waals surface area contributed by atoms with Gasteiger partial charge in [-0.15, -0.1) is 0 Å². The summed E-state index contributed by atoms with van der Waals surface area (Å²) in [6.07, 6.45) is 6.80. The maximum Gasteiger partial charge on any atom is 0.421 e. The molecular formula is C24H32F3N3O. The number of rotatable bonds is 9. The molecule has 1 fully saturated rings. The number of aryl methyl sites for hydroxylation is 1. The number of ether oxygens (including phenoxy) is 1. The summed E-state index contributed by atoms with van der Waals surface area (Å²) in [5, 5.41) is 0. The highest BCUT2D eigenvalue weighted by Crippen LogP contribution is 2.38. The topological polar surface area (TPSA) is 38.2 Å². The molecule has 0 spiro atoms. The minimum atomic E-state index is -4.55. The molecule has 1 aromatic carbocycles. The van der Waals surface area contributed by atoms with Crippen LogP contribution in [0.15, 0.2) is 30.5 Å². The molecule has 4 nitrogen and oxygen atoms in total. The average Bonchev–Trinajstić information content (AvgIpc) is 2.76. The highest BCUT2D eigenvalue weighted by Gasteiger charge is 2.37. The van der Waals surface area contributed by atoms with E-state index in [9.17, 15) is 13.2 Å². The molecule has 0 radical (unpaired) electrons. The third-order valence-electron chi connectivity index (χ3n) is 5.81. The highest BCUT2D eigenvalue weighted by molar-refractivity contribution is 5.63. The number of unbranched alkanes of at least 4 members (excludes halogenated alkanes) is 3. The zero-order valence-electron chi connectivity index (χ0n) is 18.4. The first-order valence-corrected chi connectivity index (χ1v) is 11.3. The molecule has 0 saturated heterocycles. The average molecular weight is 436 g/mol. The monoisotopic (exact) mass is 435 g/mol. The second-order valence-electron chi connectivity index (χ2n) is 8.31. The number of hydrogen-bond acceptors (Lipinski definition) is 4. The number of alkyl halides is 3. The van der Waals surface area contributed by atoms with Crippen LogP contribution in [0.25, 0.3) is 0 Å². The van der Waals surface area contributed by atoms with Crippen molar-refractivity contribution >= 4 is 11.5 Å². The first-order valence-electron chi connectivity index (χ1n) is 11.3. The van der Waals surface area contributed by atoms with Crippen LogP contribution in [-0.4, -0.2) is 23.1 Å². The zero-order chi connectivity index (χ0) is 22.3. The van der Waals surface area contributed by atoms with Crippen LogP contribution in [0.4, 0.5) is 24.7 Å². The van der Waals surface area contributed by atoms with E-state index in [1.54, 1.807) is 13.1 Å². The van der Waals surface area contributed by atoms with E-state index < -0.39 is 11.7 Å². The molecular weight excluding hydrogens is 403 g/mol. The van der Waals surface area contributed by atoms with Gasteiger partial charge in [0.15, 0.2) is 5.82 Å². The first-order chi connectivity index (χ1) is 14.9. The van der Waals surface area contributed by atoms with Gasteiger partial charge in [-0.05, 0) is 56.2 Å². The largest absolute Gasteiger partial charge is 0.460 e. The van der Waals surface area contributed by atoms with Crippen LogP contribution in [0.1, 0.15) is 75.8 Å². The maximum atomic E-state index is 13.7. The van der Waals surface area contributed by atoms with Gasteiger partial charge >= 0.3 is 12.2 Å². The Morgan fingerprint density at radius 3 is 2.58 bits per heavy atom. The van der Waals surface area contributed by atoms with Crippen LogP contribution in [0.2, 0.25) is 0 Å². The lowest BCUT2D eigenvalue weighted by Gasteiger charge is -2.25. The number of aromatic nitrogens is 2. The third-order valence-corrected chi connectivity index (χ3v) is 5.81. The molecule has 31 heavy (non-hydrogen) atoms. The van der Waals surface area contributed by atoms with Gasteiger partial charge in [0.25, 0.3) is 0 Å². The van der Waals surface area contributed by atoms with Crippen molar-refractivity contribution < 1.29 is 17.9 Å². The summed E-state index contributed by atoms with van der Waals surface area (Å²) in [6, 6.07) is 7.66. The first kappa shape index (κ1) is 23.4. The summed E-state index contributed by atoms with van der Waals surface area (Å²) in [5.74, 6) is -0.184. The summed E-state index contributed by atoms with van der Waals surface area (Å²) in [4.78, 5) is 9.55. The summed E-state index contributed by atoms with van der Waals surface area (Å²) >= 11 is 0. The quantitative estimate of drug-likeness (QED) is 0.394. The van der Waals surface area contributed by atoms with Crippen LogP contribution >= 0.6 is 0 Å². The Morgan fingerprint density at radius 1 is 1.10 bits per heavy atom. The Bertz CT molecular complexity index is 835. The van der Waals surface area contributed by atoms with Crippen LogP contribution in [0, 0.1) is 0 Å². The molecule has 1 heterocycles. The summed E-state index contributed by atoms with van der Waals surface area (Å²) in [5.41, 5.74) is 0.918. The molecule has 0 N–H and O–H groups in total. The second kappa shape index (κ2) is 10.8. The van der Waals surface area contributed by atoms with Crippen molar-refractivity contribution in [3.63, 3.8) is 0 Å². The molecule has 3 rings (SSSR count). The fourth-order valence-corrected chi connectivity index (χ4v) is 4.00. The molecule has 0 atom stereocenters. The summed E-state index contributed by atoms with van der Waals surface area (Å²) in [7, 11) is 1.61. The molecule has 0 aliphatic heterocycles. The summed E-state index contributed by atoms with van der Waals surface area (Å²) in [6.45, 7) is 2.17. The van der Waals surface area contributed by atoms with Gasteiger partial charge in [0.05, 0.1) is 0 Å². The molecule has 1 aliphatic rings. The van der Waals surface area contributed by atoms with E-state index in [4.69, 9.17) is 4.74 Å². The predicted octanol–water partition coefficient (Wildman–Crippen LogP) is 7.10. The van der Waals surface area contributed by atoms with E-state index in [0.717, 1.165) is 63.1 Å². The van der Waals surface area contributed by atoms with Crippen LogP contribution in [0.5, 0.6) is 6.01 Å². The van der Waals surface area contributed by atoms with Crippen molar-refractivity contribution in [3.8, 4) is 6.01 Å². The molecule has 170 valence electrons. The molecule has 1 aromatic heterocycles. The van der Waals surface area contributed by atoms with E-state index in [1.165, 1.54) is 17.7 Å². The van der Waals surface area contributed by atoms with Crippen molar-refractivity contribution in [1.29, 1.82) is 0 Å². The van der Waals surface area contributed by atoms with Crippen LogP contribution in [0.3, 0.4) is 0 Å². The molecule has 1 aliphatic carbocycles. The van der Waals surface area contributed by atoms with Crippen LogP contribution < -0.4 is 9.64 Å². The number of hydrogen-bond donors (Lipinski definition) is 0. The lowest BCUT2D eigenvalue weighted by molar-refractivity contribution is -0.137. The Morgan fingerprint density at radius 2 is 1.87 bits per heavy atom. The van der Waals surface area contributed by atoms with E-state index >= 15 is 0 Å². The van der Waals surface area contributed by atoms with Crippen LogP contribution in [-0.2, 0) is 12.6 Å². The number of halogens is 3. The molecule has 0 bridgehead atoms. The lowest BCUT2D eigenvalue weighted by Crippen LogP contribution is -2.23. The number of anilines is 2. The molecule has 2 aromatic rings. The normalized spacial score (nSPS) is 15.1. The molecule has 0 unspecified atom stereocenters. The van der Waals surface area contributed by atoms with E-state index in [0.29, 0.717) is 5.69 Å². The van der Waals surface area contributed by atoms with Gasteiger partial charge in [-0.3, -0.25) is 0 Å². The fourth-order valence-electron chi connectivity index (χ4n) is 4.00. The molecule has 1 saturated carbocycles. The van der Waals surface area contributed by atoms with Gasteiger partial charge in [-0.1, -0.05) is 44.7 Å². The minimum Gasteiger partial charge on any atom is -0.460 e. The van der Waals surface area contributed by atoms with Crippen molar-refractivity contribution in [3.05, 3.63) is 41.6 Å². The fraction of sp³-hybridized carbons (Fsp3) is 0.583. The molecule has 7 heteroatoms. The van der Waals surface area contributed by atoms with Crippen molar-refractivity contribution in [1.82, 2.24) is 9.97 Å². The third kappa shape index (κ3) is 6.58.